The third-order valence-electron chi connectivity index (χ3n) is 2.64. The third kappa shape index (κ3) is 2.13. The lowest BCUT2D eigenvalue weighted by Crippen LogP contribution is -1.96. The highest BCUT2D eigenvalue weighted by Gasteiger charge is 2.14. The summed E-state index contributed by atoms with van der Waals surface area (Å²) < 4.78 is 7.27. The smallest absolute Gasteiger partial charge is 0.235 e. The van der Waals surface area contributed by atoms with Gasteiger partial charge >= 0.3 is 0 Å². The van der Waals surface area contributed by atoms with Crippen LogP contribution in [0.1, 0.15) is 11.3 Å². The maximum atomic E-state index is 9.08. The number of aromatic nitrogens is 2. The number of hydrogen-bond acceptors (Lipinski definition) is 4. The van der Waals surface area contributed by atoms with E-state index in [0.29, 0.717) is 22.9 Å². The number of rotatable bonds is 3. The minimum Gasteiger partial charge on any atom is -0.438 e. The van der Waals surface area contributed by atoms with Crippen molar-refractivity contribution in [3.05, 3.63) is 35.5 Å². The molecule has 1 N–H and O–H groups in total. The summed E-state index contributed by atoms with van der Waals surface area (Å²) in [6.07, 6.45) is 0. The maximum Gasteiger partial charge on any atom is 0.235 e. The first kappa shape index (κ1) is 12.0. The zero-order valence-electron chi connectivity index (χ0n) is 10.6. The Bertz CT molecular complexity index is 593. The number of hydrogen-bond donors (Lipinski definition) is 1. The van der Waals surface area contributed by atoms with Gasteiger partial charge in [0.2, 0.25) is 5.88 Å². The summed E-state index contributed by atoms with van der Waals surface area (Å²) >= 11 is 0. The third-order valence-corrected chi connectivity index (χ3v) is 2.64. The molecule has 1 aromatic carbocycles. The molecule has 92 valence electrons. The molecule has 5 heteroatoms. The second-order valence-electron chi connectivity index (χ2n) is 3.88. The molecule has 0 radical (unpaired) electrons. The number of ether oxygens (including phenoxy) is 1. The van der Waals surface area contributed by atoms with Gasteiger partial charge in [0.25, 0.3) is 0 Å². The molecule has 18 heavy (non-hydrogen) atoms. The molecular formula is C13H14N4O. The highest BCUT2D eigenvalue weighted by Crippen LogP contribution is 2.27. The van der Waals surface area contributed by atoms with Crippen LogP contribution in [-0.4, -0.2) is 16.8 Å². The van der Waals surface area contributed by atoms with E-state index in [0.717, 1.165) is 5.69 Å². The van der Waals surface area contributed by atoms with E-state index >= 15 is 0 Å². The number of nitriles is 1. The Labute approximate surface area is 106 Å². The zero-order chi connectivity index (χ0) is 13.1. The predicted molar refractivity (Wildman–Crippen MR) is 68.7 cm³/mol. The van der Waals surface area contributed by atoms with Gasteiger partial charge in [0.15, 0.2) is 0 Å². The van der Waals surface area contributed by atoms with Gasteiger partial charge in [-0.15, -0.1) is 0 Å². The average Bonchev–Trinajstić information content (AvgIpc) is 2.64. The van der Waals surface area contributed by atoms with E-state index < -0.39 is 0 Å². The van der Waals surface area contributed by atoms with Crippen molar-refractivity contribution in [2.45, 2.75) is 6.92 Å². The van der Waals surface area contributed by atoms with Crippen molar-refractivity contribution in [1.82, 2.24) is 9.78 Å². The summed E-state index contributed by atoms with van der Waals surface area (Å²) in [6, 6.07) is 9.61. The second kappa shape index (κ2) is 4.80. The fraction of sp³-hybridized carbons (Fsp3) is 0.231. The van der Waals surface area contributed by atoms with Crippen molar-refractivity contribution < 1.29 is 4.74 Å². The van der Waals surface area contributed by atoms with Crippen LogP contribution in [0, 0.1) is 18.3 Å². The van der Waals surface area contributed by atoms with Gasteiger partial charge in [-0.3, -0.25) is 0 Å². The van der Waals surface area contributed by atoms with Crippen LogP contribution in [0.4, 0.5) is 5.69 Å². The van der Waals surface area contributed by atoms with Gasteiger partial charge in [-0.1, -0.05) is 0 Å². The van der Waals surface area contributed by atoms with Crippen molar-refractivity contribution in [2.75, 3.05) is 12.4 Å². The quantitative estimate of drug-likeness (QED) is 0.897. The number of benzene rings is 1. The molecule has 0 aliphatic rings. The first-order chi connectivity index (χ1) is 8.65. The minimum absolute atomic E-state index is 0.465. The maximum absolute atomic E-state index is 9.08. The zero-order valence-corrected chi connectivity index (χ0v) is 10.6. The highest BCUT2D eigenvalue weighted by atomic mass is 16.5. The molecule has 0 fully saturated rings. The van der Waals surface area contributed by atoms with Crippen LogP contribution in [0.3, 0.4) is 0 Å². The first-order valence-electron chi connectivity index (χ1n) is 5.55. The summed E-state index contributed by atoms with van der Waals surface area (Å²) in [5.41, 5.74) is 2.14. The highest BCUT2D eigenvalue weighted by molar-refractivity contribution is 5.48. The van der Waals surface area contributed by atoms with Gasteiger partial charge in [0.1, 0.15) is 17.4 Å². The van der Waals surface area contributed by atoms with Gasteiger partial charge < -0.3 is 10.1 Å². The monoisotopic (exact) mass is 242 g/mol. The van der Waals surface area contributed by atoms with Gasteiger partial charge in [0.05, 0.1) is 5.69 Å². The van der Waals surface area contributed by atoms with Gasteiger partial charge in [-0.2, -0.15) is 10.4 Å². The summed E-state index contributed by atoms with van der Waals surface area (Å²) in [5.74, 6) is 1.14. The van der Waals surface area contributed by atoms with Crippen LogP contribution >= 0.6 is 0 Å². The van der Waals surface area contributed by atoms with Crippen molar-refractivity contribution in [1.29, 1.82) is 5.26 Å². The average molecular weight is 242 g/mol. The van der Waals surface area contributed by atoms with E-state index in [1.807, 2.05) is 31.3 Å². The molecule has 0 atom stereocenters. The van der Waals surface area contributed by atoms with Crippen molar-refractivity contribution in [3.63, 3.8) is 0 Å². The Morgan fingerprint density at radius 1 is 1.33 bits per heavy atom. The van der Waals surface area contributed by atoms with Crippen LogP contribution in [0.5, 0.6) is 11.6 Å². The topological polar surface area (TPSA) is 62.9 Å². The molecule has 0 aliphatic heterocycles. The molecule has 1 aromatic heterocycles. The molecule has 5 nitrogen and oxygen atoms in total. The standard InChI is InChI=1S/C13H14N4O/c1-9-12(8-14)13(17(3)16-9)18-11-6-4-10(15-2)5-7-11/h4-7,15H,1-3H3. The summed E-state index contributed by atoms with van der Waals surface area (Å²) in [6.45, 7) is 1.79. The second-order valence-corrected chi connectivity index (χ2v) is 3.88. The van der Waals surface area contributed by atoms with Crippen LogP contribution in [0.15, 0.2) is 24.3 Å². The Kier molecular flexibility index (Phi) is 3.20. The summed E-state index contributed by atoms with van der Waals surface area (Å²) in [4.78, 5) is 0. The fourth-order valence-corrected chi connectivity index (χ4v) is 1.68. The number of nitrogens with zero attached hydrogens (tertiary/aromatic N) is 3. The predicted octanol–water partition coefficient (Wildman–Crippen LogP) is 2.43. The normalized spacial score (nSPS) is 9.89. The number of aryl methyl sites for hydroxylation is 2. The van der Waals surface area contributed by atoms with Gasteiger partial charge in [-0.25, -0.2) is 4.68 Å². The SMILES string of the molecule is CNc1ccc(Oc2c(C#N)c(C)nn2C)cc1. The molecule has 0 saturated heterocycles. The Balaban J connectivity index is 2.31. The molecule has 0 aliphatic carbocycles. The Morgan fingerprint density at radius 2 is 2.00 bits per heavy atom. The molecule has 0 bridgehead atoms. The van der Waals surface area contributed by atoms with E-state index in [4.69, 9.17) is 10.00 Å². The molecule has 0 unspecified atom stereocenters. The van der Waals surface area contributed by atoms with E-state index in [1.165, 1.54) is 0 Å². The summed E-state index contributed by atoms with van der Waals surface area (Å²) in [7, 11) is 3.61. The van der Waals surface area contributed by atoms with E-state index in [-0.39, 0.29) is 0 Å². The summed E-state index contributed by atoms with van der Waals surface area (Å²) in [5, 5.41) is 16.3. The Morgan fingerprint density at radius 3 is 2.56 bits per heavy atom. The van der Waals surface area contributed by atoms with Crippen molar-refractivity contribution >= 4 is 5.69 Å². The fourth-order valence-electron chi connectivity index (χ4n) is 1.68. The Hall–Kier alpha value is -2.48. The van der Waals surface area contributed by atoms with Crippen molar-refractivity contribution in [3.8, 4) is 17.7 Å². The lowest BCUT2D eigenvalue weighted by molar-refractivity contribution is 0.429. The van der Waals surface area contributed by atoms with Crippen molar-refractivity contribution in [2.24, 2.45) is 7.05 Å². The van der Waals surface area contributed by atoms with E-state index in [9.17, 15) is 0 Å². The molecule has 2 aromatic rings. The molecule has 0 amide bonds. The lowest BCUT2D eigenvalue weighted by atomic mass is 10.3. The van der Waals surface area contributed by atoms with E-state index in [2.05, 4.69) is 16.5 Å². The largest absolute Gasteiger partial charge is 0.438 e. The molecular weight excluding hydrogens is 228 g/mol. The molecule has 0 spiro atoms. The van der Waals surface area contributed by atoms with Crippen LogP contribution in [0.2, 0.25) is 0 Å². The lowest BCUT2D eigenvalue weighted by Gasteiger charge is -2.07. The minimum atomic E-state index is 0.465. The van der Waals surface area contributed by atoms with Gasteiger partial charge in [0, 0.05) is 19.8 Å². The number of nitrogens with one attached hydrogen (secondary N) is 1. The van der Waals surface area contributed by atoms with Crippen LogP contribution in [0.25, 0.3) is 0 Å². The van der Waals surface area contributed by atoms with Gasteiger partial charge in [-0.05, 0) is 31.2 Å². The molecule has 2 rings (SSSR count). The first-order valence-corrected chi connectivity index (χ1v) is 5.55. The molecule has 1 heterocycles. The number of anilines is 1. The van der Waals surface area contributed by atoms with E-state index in [1.54, 1.807) is 18.7 Å². The molecule has 0 saturated carbocycles. The van der Waals surface area contributed by atoms with Crippen LogP contribution in [-0.2, 0) is 7.05 Å². The van der Waals surface area contributed by atoms with Crippen LogP contribution < -0.4 is 10.1 Å².